The van der Waals surface area contributed by atoms with Gasteiger partial charge in [-0.25, -0.2) is 4.98 Å². The first kappa shape index (κ1) is 14.5. The van der Waals surface area contributed by atoms with E-state index in [-0.39, 0.29) is 11.7 Å². The van der Waals surface area contributed by atoms with E-state index in [1.54, 1.807) is 24.3 Å². The SMILES string of the molecule is CCCOc1ccc(Oc2ncnc(N)c2[N+](=O)[O-])cc1. The molecule has 110 valence electrons. The summed E-state index contributed by atoms with van der Waals surface area (Å²) in [4.78, 5) is 17.6. The zero-order chi connectivity index (χ0) is 15.2. The van der Waals surface area contributed by atoms with Gasteiger partial charge in [-0.3, -0.25) is 10.1 Å². The van der Waals surface area contributed by atoms with Gasteiger partial charge in [0.1, 0.15) is 17.8 Å². The highest BCUT2D eigenvalue weighted by Gasteiger charge is 2.22. The van der Waals surface area contributed by atoms with Gasteiger partial charge in [0, 0.05) is 0 Å². The van der Waals surface area contributed by atoms with Crippen molar-refractivity contribution in [3.8, 4) is 17.4 Å². The van der Waals surface area contributed by atoms with Crippen LogP contribution in [-0.4, -0.2) is 21.5 Å². The summed E-state index contributed by atoms with van der Waals surface area (Å²) in [5.41, 5.74) is 5.01. The molecule has 1 heterocycles. The Labute approximate surface area is 120 Å². The lowest BCUT2D eigenvalue weighted by Crippen LogP contribution is -2.02. The number of nitro groups is 1. The zero-order valence-corrected chi connectivity index (χ0v) is 11.4. The fraction of sp³-hybridized carbons (Fsp3) is 0.231. The molecule has 2 rings (SSSR count). The van der Waals surface area contributed by atoms with Crippen molar-refractivity contribution >= 4 is 11.5 Å². The van der Waals surface area contributed by atoms with Crippen LogP contribution >= 0.6 is 0 Å². The second-order valence-electron chi connectivity index (χ2n) is 4.09. The molecule has 0 radical (unpaired) electrons. The lowest BCUT2D eigenvalue weighted by atomic mass is 10.3. The average molecular weight is 290 g/mol. The largest absolute Gasteiger partial charge is 0.494 e. The molecule has 0 aliphatic carbocycles. The van der Waals surface area contributed by atoms with E-state index in [0.29, 0.717) is 18.1 Å². The predicted octanol–water partition coefficient (Wildman–Crippen LogP) is 2.55. The summed E-state index contributed by atoms with van der Waals surface area (Å²) in [7, 11) is 0. The van der Waals surface area contributed by atoms with Gasteiger partial charge in [-0.1, -0.05) is 6.92 Å². The van der Waals surface area contributed by atoms with Crippen molar-refractivity contribution in [2.45, 2.75) is 13.3 Å². The maximum absolute atomic E-state index is 11.0. The second-order valence-corrected chi connectivity index (χ2v) is 4.09. The summed E-state index contributed by atoms with van der Waals surface area (Å²) >= 11 is 0. The zero-order valence-electron chi connectivity index (χ0n) is 11.4. The first-order valence-corrected chi connectivity index (χ1v) is 6.27. The lowest BCUT2D eigenvalue weighted by Gasteiger charge is -2.07. The molecule has 0 bridgehead atoms. The minimum atomic E-state index is -0.677. The van der Waals surface area contributed by atoms with Gasteiger partial charge in [0.05, 0.1) is 11.5 Å². The Hall–Kier alpha value is -2.90. The Balaban J connectivity index is 2.19. The third-order valence-electron chi connectivity index (χ3n) is 2.51. The number of rotatable bonds is 6. The number of ether oxygens (including phenoxy) is 2. The molecule has 0 amide bonds. The number of aromatic nitrogens is 2. The van der Waals surface area contributed by atoms with Gasteiger partial charge in [0.25, 0.3) is 0 Å². The van der Waals surface area contributed by atoms with Gasteiger partial charge in [-0.15, -0.1) is 0 Å². The number of anilines is 1. The van der Waals surface area contributed by atoms with Crippen molar-refractivity contribution in [1.29, 1.82) is 0 Å². The highest BCUT2D eigenvalue weighted by molar-refractivity contribution is 5.58. The third kappa shape index (κ3) is 3.56. The van der Waals surface area contributed by atoms with Crippen LogP contribution in [0.25, 0.3) is 0 Å². The van der Waals surface area contributed by atoms with Crippen LogP contribution in [0.3, 0.4) is 0 Å². The molecular weight excluding hydrogens is 276 g/mol. The van der Waals surface area contributed by atoms with Gasteiger partial charge in [-0.05, 0) is 30.7 Å². The van der Waals surface area contributed by atoms with Crippen molar-refractivity contribution in [2.75, 3.05) is 12.3 Å². The van der Waals surface area contributed by atoms with E-state index < -0.39 is 10.6 Å². The molecule has 1 aromatic carbocycles. The minimum Gasteiger partial charge on any atom is -0.494 e. The minimum absolute atomic E-state index is 0.199. The molecule has 8 nitrogen and oxygen atoms in total. The maximum atomic E-state index is 11.0. The lowest BCUT2D eigenvalue weighted by molar-refractivity contribution is -0.385. The van der Waals surface area contributed by atoms with Crippen LogP contribution in [0.15, 0.2) is 30.6 Å². The molecule has 1 aromatic heterocycles. The Morgan fingerprint density at radius 2 is 1.90 bits per heavy atom. The normalized spacial score (nSPS) is 10.1. The third-order valence-corrected chi connectivity index (χ3v) is 2.51. The summed E-state index contributed by atoms with van der Waals surface area (Å²) in [6.45, 7) is 2.63. The topological polar surface area (TPSA) is 113 Å². The van der Waals surface area contributed by atoms with Crippen LogP contribution < -0.4 is 15.2 Å². The van der Waals surface area contributed by atoms with E-state index in [1.165, 1.54) is 0 Å². The molecular formula is C13H14N4O4. The number of hydrogen-bond acceptors (Lipinski definition) is 7. The molecule has 2 aromatic rings. The highest BCUT2D eigenvalue weighted by atomic mass is 16.6. The summed E-state index contributed by atoms with van der Waals surface area (Å²) in [6.07, 6.45) is 2.01. The highest BCUT2D eigenvalue weighted by Crippen LogP contribution is 2.32. The summed E-state index contributed by atoms with van der Waals surface area (Å²) in [5, 5.41) is 11.0. The average Bonchev–Trinajstić information content (AvgIpc) is 2.46. The molecule has 0 saturated heterocycles. The molecule has 0 atom stereocenters. The van der Waals surface area contributed by atoms with Crippen LogP contribution in [0.1, 0.15) is 13.3 Å². The van der Waals surface area contributed by atoms with E-state index in [2.05, 4.69) is 9.97 Å². The molecule has 21 heavy (non-hydrogen) atoms. The summed E-state index contributed by atoms with van der Waals surface area (Å²) in [5.74, 6) is 0.642. The van der Waals surface area contributed by atoms with Crippen LogP contribution in [0, 0.1) is 10.1 Å². The Kier molecular flexibility index (Phi) is 4.50. The number of nitrogens with zero attached hydrogens (tertiary/aromatic N) is 3. The number of hydrogen-bond donors (Lipinski definition) is 1. The van der Waals surface area contributed by atoms with E-state index in [9.17, 15) is 10.1 Å². The molecule has 2 N–H and O–H groups in total. The van der Waals surface area contributed by atoms with Crippen LogP contribution in [0.5, 0.6) is 17.4 Å². The van der Waals surface area contributed by atoms with Crippen molar-refractivity contribution in [3.05, 3.63) is 40.7 Å². The molecule has 0 unspecified atom stereocenters. The summed E-state index contributed by atoms with van der Waals surface area (Å²) in [6, 6.07) is 6.68. The van der Waals surface area contributed by atoms with Crippen LogP contribution in [0.4, 0.5) is 11.5 Å². The Bertz CT molecular complexity index is 631. The quantitative estimate of drug-likeness (QED) is 0.642. The predicted molar refractivity (Wildman–Crippen MR) is 75.4 cm³/mol. The fourth-order valence-corrected chi connectivity index (χ4v) is 1.56. The maximum Gasteiger partial charge on any atom is 0.372 e. The van der Waals surface area contributed by atoms with Crippen LogP contribution in [-0.2, 0) is 0 Å². The molecule has 0 fully saturated rings. The number of nitrogens with two attached hydrogens (primary N) is 1. The van der Waals surface area contributed by atoms with E-state index in [1.807, 2.05) is 6.92 Å². The summed E-state index contributed by atoms with van der Waals surface area (Å²) < 4.78 is 10.8. The molecule has 0 saturated carbocycles. The fourth-order valence-electron chi connectivity index (χ4n) is 1.56. The van der Waals surface area contributed by atoms with Crippen molar-refractivity contribution in [2.24, 2.45) is 0 Å². The van der Waals surface area contributed by atoms with Crippen LogP contribution in [0.2, 0.25) is 0 Å². The van der Waals surface area contributed by atoms with Gasteiger partial charge in [-0.2, -0.15) is 4.98 Å². The smallest absolute Gasteiger partial charge is 0.372 e. The molecule has 0 aliphatic rings. The van der Waals surface area contributed by atoms with Gasteiger partial charge in [0.15, 0.2) is 0 Å². The van der Waals surface area contributed by atoms with E-state index in [4.69, 9.17) is 15.2 Å². The van der Waals surface area contributed by atoms with Gasteiger partial charge < -0.3 is 15.2 Å². The van der Waals surface area contributed by atoms with Crippen molar-refractivity contribution in [3.63, 3.8) is 0 Å². The molecule has 0 spiro atoms. The molecule has 0 aliphatic heterocycles. The van der Waals surface area contributed by atoms with Gasteiger partial charge >= 0.3 is 11.6 Å². The number of nitrogen functional groups attached to an aromatic ring is 1. The Morgan fingerprint density at radius 3 is 2.52 bits per heavy atom. The number of benzene rings is 1. The first-order chi connectivity index (χ1) is 10.1. The Morgan fingerprint density at radius 1 is 1.24 bits per heavy atom. The van der Waals surface area contributed by atoms with Gasteiger partial charge in [0.2, 0.25) is 5.82 Å². The van der Waals surface area contributed by atoms with Crippen molar-refractivity contribution in [1.82, 2.24) is 9.97 Å². The van der Waals surface area contributed by atoms with E-state index in [0.717, 1.165) is 12.7 Å². The van der Waals surface area contributed by atoms with Crippen molar-refractivity contribution < 1.29 is 14.4 Å². The monoisotopic (exact) mass is 290 g/mol. The first-order valence-electron chi connectivity index (χ1n) is 6.27. The molecule has 8 heteroatoms. The standard InChI is InChI=1S/C13H14N4O4/c1-2-7-20-9-3-5-10(6-4-9)21-13-11(17(18)19)12(14)15-8-16-13/h3-6,8H,2,7H2,1H3,(H2,14,15,16). The second kappa shape index (κ2) is 6.51. The van der Waals surface area contributed by atoms with E-state index >= 15 is 0 Å².